The first-order valence-electron chi connectivity index (χ1n) is 4.71. The van der Waals surface area contributed by atoms with Crippen LogP contribution in [-0.2, 0) is 0 Å². The molecule has 1 aromatic heterocycles. The maximum absolute atomic E-state index is 5.57. The molecule has 0 aliphatic carbocycles. The van der Waals surface area contributed by atoms with E-state index >= 15 is 0 Å². The predicted molar refractivity (Wildman–Crippen MR) is 61.0 cm³/mol. The summed E-state index contributed by atoms with van der Waals surface area (Å²) in [5.74, 6) is 0. The molecule has 0 aliphatic rings. The number of nitrogens with two attached hydrogens (primary N) is 1. The Morgan fingerprint density at radius 1 is 1.29 bits per heavy atom. The fourth-order valence-corrected chi connectivity index (χ4v) is 2.22. The SMILES string of the molecule is NCCCOc1cc2ccccc2s1. The Bertz CT molecular complexity index is 377. The lowest BCUT2D eigenvalue weighted by atomic mass is 10.3. The summed E-state index contributed by atoms with van der Waals surface area (Å²) in [4.78, 5) is 0. The summed E-state index contributed by atoms with van der Waals surface area (Å²) < 4.78 is 6.84. The third-order valence-corrected chi connectivity index (χ3v) is 3.02. The second-order valence-corrected chi connectivity index (χ2v) is 4.14. The van der Waals surface area contributed by atoms with Crippen molar-refractivity contribution in [1.29, 1.82) is 0 Å². The number of hydrogen-bond donors (Lipinski definition) is 1. The summed E-state index contributed by atoms with van der Waals surface area (Å²) in [5.41, 5.74) is 5.39. The second-order valence-electron chi connectivity index (χ2n) is 3.09. The Morgan fingerprint density at radius 3 is 2.93 bits per heavy atom. The van der Waals surface area contributed by atoms with Gasteiger partial charge in [0.1, 0.15) is 0 Å². The molecule has 1 aromatic carbocycles. The smallest absolute Gasteiger partial charge is 0.174 e. The standard InChI is InChI=1S/C11H13NOS/c12-6-3-7-13-11-8-9-4-1-2-5-10(9)14-11/h1-2,4-5,8H,3,6-7,12H2. The van der Waals surface area contributed by atoms with Gasteiger partial charge in [0, 0.05) is 4.70 Å². The van der Waals surface area contributed by atoms with Crippen LogP contribution in [0.3, 0.4) is 0 Å². The summed E-state index contributed by atoms with van der Waals surface area (Å²) in [6.45, 7) is 1.40. The van der Waals surface area contributed by atoms with E-state index in [1.54, 1.807) is 11.3 Å². The van der Waals surface area contributed by atoms with Crippen LogP contribution in [0, 0.1) is 0 Å². The van der Waals surface area contributed by atoms with Crippen molar-refractivity contribution < 1.29 is 4.74 Å². The van der Waals surface area contributed by atoms with Gasteiger partial charge < -0.3 is 10.5 Å². The van der Waals surface area contributed by atoms with Gasteiger partial charge in [0.2, 0.25) is 0 Å². The maximum atomic E-state index is 5.57. The van der Waals surface area contributed by atoms with E-state index in [0.29, 0.717) is 13.2 Å². The number of fused-ring (bicyclic) bond motifs is 1. The van der Waals surface area contributed by atoms with Crippen molar-refractivity contribution in [2.24, 2.45) is 5.73 Å². The molecule has 0 bridgehead atoms. The number of benzene rings is 1. The molecule has 0 aliphatic heterocycles. The molecular weight excluding hydrogens is 194 g/mol. The lowest BCUT2D eigenvalue weighted by molar-refractivity contribution is 0.322. The minimum atomic E-state index is 0.685. The lowest BCUT2D eigenvalue weighted by Crippen LogP contribution is -2.05. The first kappa shape index (κ1) is 9.49. The van der Waals surface area contributed by atoms with Gasteiger partial charge in [-0.1, -0.05) is 29.5 Å². The van der Waals surface area contributed by atoms with Crippen LogP contribution >= 0.6 is 11.3 Å². The van der Waals surface area contributed by atoms with Gasteiger partial charge in [-0.15, -0.1) is 0 Å². The van der Waals surface area contributed by atoms with Gasteiger partial charge in [-0.25, -0.2) is 0 Å². The van der Waals surface area contributed by atoms with E-state index in [1.807, 2.05) is 12.1 Å². The highest BCUT2D eigenvalue weighted by Gasteiger charge is 2.00. The van der Waals surface area contributed by atoms with Crippen LogP contribution in [0.2, 0.25) is 0 Å². The van der Waals surface area contributed by atoms with Crippen molar-refractivity contribution in [3.63, 3.8) is 0 Å². The highest BCUT2D eigenvalue weighted by Crippen LogP contribution is 2.31. The molecule has 0 spiro atoms. The van der Waals surface area contributed by atoms with Crippen molar-refractivity contribution in [2.75, 3.05) is 13.2 Å². The highest BCUT2D eigenvalue weighted by molar-refractivity contribution is 7.20. The molecule has 2 nitrogen and oxygen atoms in total. The minimum Gasteiger partial charge on any atom is -0.484 e. The monoisotopic (exact) mass is 207 g/mol. The predicted octanol–water partition coefficient (Wildman–Crippen LogP) is 2.63. The lowest BCUT2D eigenvalue weighted by Gasteiger charge is -1.99. The zero-order valence-corrected chi connectivity index (χ0v) is 8.72. The Morgan fingerprint density at radius 2 is 2.14 bits per heavy atom. The van der Waals surface area contributed by atoms with Crippen LogP contribution in [0.15, 0.2) is 30.3 Å². The zero-order valence-electron chi connectivity index (χ0n) is 7.90. The van der Waals surface area contributed by atoms with Gasteiger partial charge in [0.25, 0.3) is 0 Å². The van der Waals surface area contributed by atoms with E-state index in [0.717, 1.165) is 11.5 Å². The largest absolute Gasteiger partial charge is 0.484 e. The van der Waals surface area contributed by atoms with Crippen LogP contribution in [0.1, 0.15) is 6.42 Å². The molecule has 0 fully saturated rings. The summed E-state index contributed by atoms with van der Waals surface area (Å²) >= 11 is 1.68. The summed E-state index contributed by atoms with van der Waals surface area (Å²) in [5, 5.41) is 2.24. The number of hydrogen-bond acceptors (Lipinski definition) is 3. The summed E-state index contributed by atoms with van der Waals surface area (Å²) in [6, 6.07) is 10.4. The molecule has 74 valence electrons. The average molecular weight is 207 g/mol. The van der Waals surface area contributed by atoms with Gasteiger partial charge in [-0.05, 0) is 30.5 Å². The second kappa shape index (κ2) is 4.44. The first-order chi connectivity index (χ1) is 6.90. The van der Waals surface area contributed by atoms with E-state index in [-0.39, 0.29) is 0 Å². The fraction of sp³-hybridized carbons (Fsp3) is 0.273. The van der Waals surface area contributed by atoms with Crippen molar-refractivity contribution in [3.8, 4) is 5.06 Å². The van der Waals surface area contributed by atoms with Crippen LogP contribution in [0.5, 0.6) is 5.06 Å². The number of thiophene rings is 1. The fourth-order valence-electron chi connectivity index (χ4n) is 1.28. The van der Waals surface area contributed by atoms with E-state index in [1.165, 1.54) is 10.1 Å². The molecule has 0 amide bonds. The average Bonchev–Trinajstić information content (AvgIpc) is 2.60. The first-order valence-corrected chi connectivity index (χ1v) is 5.53. The van der Waals surface area contributed by atoms with Crippen molar-refractivity contribution in [3.05, 3.63) is 30.3 Å². The summed E-state index contributed by atoms with van der Waals surface area (Å²) in [7, 11) is 0. The van der Waals surface area contributed by atoms with Crippen LogP contribution in [0.25, 0.3) is 10.1 Å². The van der Waals surface area contributed by atoms with E-state index < -0.39 is 0 Å². The van der Waals surface area contributed by atoms with Crippen molar-refractivity contribution >= 4 is 21.4 Å². The van der Waals surface area contributed by atoms with Crippen molar-refractivity contribution in [2.45, 2.75) is 6.42 Å². The van der Waals surface area contributed by atoms with Crippen molar-refractivity contribution in [1.82, 2.24) is 0 Å². The van der Waals surface area contributed by atoms with Gasteiger partial charge >= 0.3 is 0 Å². The molecule has 1 heterocycles. The van der Waals surface area contributed by atoms with E-state index in [4.69, 9.17) is 10.5 Å². The van der Waals surface area contributed by atoms with Gasteiger partial charge in [-0.2, -0.15) is 0 Å². The highest BCUT2D eigenvalue weighted by atomic mass is 32.1. The molecule has 3 heteroatoms. The third kappa shape index (κ3) is 2.05. The molecule has 2 N–H and O–H groups in total. The molecule has 14 heavy (non-hydrogen) atoms. The summed E-state index contributed by atoms with van der Waals surface area (Å²) in [6.07, 6.45) is 0.911. The normalized spacial score (nSPS) is 10.6. The third-order valence-electron chi connectivity index (χ3n) is 2.00. The molecule has 0 radical (unpaired) electrons. The zero-order chi connectivity index (χ0) is 9.80. The van der Waals surface area contributed by atoms with Gasteiger partial charge in [0.05, 0.1) is 6.61 Å². The van der Waals surface area contributed by atoms with Gasteiger partial charge in [0.15, 0.2) is 5.06 Å². The maximum Gasteiger partial charge on any atom is 0.174 e. The van der Waals surface area contributed by atoms with Crippen LogP contribution in [0.4, 0.5) is 0 Å². The Hall–Kier alpha value is -1.06. The Labute approximate surface area is 87.3 Å². The molecular formula is C11H13NOS. The van der Waals surface area contributed by atoms with Crippen LogP contribution in [-0.4, -0.2) is 13.2 Å². The minimum absolute atomic E-state index is 0.685. The molecule has 2 aromatic rings. The quantitative estimate of drug-likeness (QED) is 0.782. The number of ether oxygens (including phenoxy) is 1. The molecule has 0 unspecified atom stereocenters. The topological polar surface area (TPSA) is 35.2 Å². The molecule has 0 saturated carbocycles. The molecule has 2 rings (SSSR count). The van der Waals surface area contributed by atoms with Gasteiger partial charge in [-0.3, -0.25) is 0 Å². The van der Waals surface area contributed by atoms with E-state index in [2.05, 4.69) is 18.2 Å². The Kier molecular flexibility index (Phi) is 3.01. The Balaban J connectivity index is 2.11. The molecule has 0 atom stereocenters. The van der Waals surface area contributed by atoms with Crippen LogP contribution < -0.4 is 10.5 Å². The number of rotatable bonds is 4. The molecule has 0 saturated heterocycles. The van der Waals surface area contributed by atoms with E-state index in [9.17, 15) is 0 Å².